The molecular weight excluding hydrogens is 294 g/mol. The summed E-state index contributed by atoms with van der Waals surface area (Å²) in [5.74, 6) is -2.35. The molecule has 5 nitrogen and oxygen atoms in total. The number of hydrogen-bond acceptors (Lipinski definition) is 3. The summed E-state index contributed by atoms with van der Waals surface area (Å²) in [4.78, 5) is 22.5. The van der Waals surface area contributed by atoms with Crippen LogP contribution in [-0.2, 0) is 6.18 Å². The predicted octanol–water partition coefficient (Wildman–Crippen LogP) is 2.18. The van der Waals surface area contributed by atoms with Crippen LogP contribution < -0.4 is 10.9 Å². The van der Waals surface area contributed by atoms with Gasteiger partial charge in [0.05, 0.1) is 11.1 Å². The van der Waals surface area contributed by atoms with Crippen LogP contribution in [0.25, 0.3) is 0 Å². The zero-order valence-electron chi connectivity index (χ0n) is 10.2. The van der Waals surface area contributed by atoms with E-state index in [0.29, 0.717) is 18.2 Å². The number of nitrogens with one attached hydrogen (secondary N) is 2. The summed E-state index contributed by atoms with van der Waals surface area (Å²) >= 11 is 0. The van der Waals surface area contributed by atoms with Crippen molar-refractivity contribution in [2.75, 3.05) is 5.32 Å². The summed E-state index contributed by atoms with van der Waals surface area (Å²) in [5, 5.41) is 7.52. The fraction of sp³-hybridized carbons (Fsp3) is 0.0833. The number of anilines is 1. The first-order valence-electron chi connectivity index (χ1n) is 5.51. The maximum atomic E-state index is 13.5. The van der Waals surface area contributed by atoms with Gasteiger partial charge in [-0.15, -0.1) is 0 Å². The molecule has 110 valence electrons. The van der Waals surface area contributed by atoms with Gasteiger partial charge in [0.1, 0.15) is 5.82 Å². The first kappa shape index (κ1) is 14.7. The summed E-state index contributed by atoms with van der Waals surface area (Å²) < 4.78 is 51.1. The molecule has 0 radical (unpaired) electrons. The molecule has 0 spiro atoms. The van der Waals surface area contributed by atoms with E-state index in [1.54, 1.807) is 0 Å². The Kier molecular flexibility index (Phi) is 3.74. The summed E-state index contributed by atoms with van der Waals surface area (Å²) in [6, 6.07) is 3.66. The number of carbonyl (C=O) groups excluding carboxylic acids is 1. The Hall–Kier alpha value is -2.71. The zero-order valence-corrected chi connectivity index (χ0v) is 10.2. The molecule has 2 rings (SSSR count). The van der Waals surface area contributed by atoms with Crippen molar-refractivity contribution in [2.45, 2.75) is 6.18 Å². The summed E-state index contributed by atoms with van der Waals surface area (Å²) in [5.41, 5.74) is -2.46. The summed E-state index contributed by atoms with van der Waals surface area (Å²) in [6.07, 6.45) is -4.70. The molecule has 21 heavy (non-hydrogen) atoms. The van der Waals surface area contributed by atoms with Crippen LogP contribution in [-0.4, -0.2) is 16.1 Å². The molecule has 1 heterocycles. The van der Waals surface area contributed by atoms with Crippen LogP contribution in [0.5, 0.6) is 0 Å². The highest BCUT2D eigenvalue weighted by Gasteiger charge is 2.32. The molecule has 1 aromatic carbocycles. The number of alkyl halides is 3. The van der Waals surface area contributed by atoms with Gasteiger partial charge in [0, 0.05) is 6.07 Å². The molecule has 0 aliphatic rings. The molecule has 1 amide bonds. The molecule has 0 aliphatic carbocycles. The standard InChI is InChI=1S/C12H7F4N3O2/c13-8-2-1-6(12(14,15)16)5-7(8)11(21)17-9-3-4-10(20)19-18-9/h1-5H,(H,19,20)(H,17,18,21). The van der Waals surface area contributed by atoms with Crippen molar-refractivity contribution in [2.24, 2.45) is 0 Å². The highest BCUT2D eigenvalue weighted by molar-refractivity contribution is 6.04. The van der Waals surface area contributed by atoms with E-state index in [-0.39, 0.29) is 5.82 Å². The number of aromatic amines is 1. The Labute approximate surface area is 114 Å². The van der Waals surface area contributed by atoms with E-state index in [9.17, 15) is 27.2 Å². The third-order valence-electron chi connectivity index (χ3n) is 2.46. The predicted molar refractivity (Wildman–Crippen MR) is 64.2 cm³/mol. The highest BCUT2D eigenvalue weighted by atomic mass is 19.4. The second-order valence-corrected chi connectivity index (χ2v) is 3.95. The minimum Gasteiger partial charge on any atom is -0.305 e. The molecule has 9 heteroatoms. The first-order valence-corrected chi connectivity index (χ1v) is 5.51. The van der Waals surface area contributed by atoms with Crippen molar-refractivity contribution in [3.05, 3.63) is 57.6 Å². The van der Waals surface area contributed by atoms with E-state index in [2.05, 4.69) is 10.4 Å². The minimum absolute atomic E-state index is 0.128. The van der Waals surface area contributed by atoms with Crippen LogP contribution in [0, 0.1) is 5.82 Å². The molecule has 0 aliphatic heterocycles. The Bertz CT molecular complexity index is 720. The zero-order chi connectivity index (χ0) is 15.6. The number of nitrogens with zero attached hydrogens (tertiary/aromatic N) is 1. The third kappa shape index (κ3) is 3.44. The second-order valence-electron chi connectivity index (χ2n) is 3.95. The van der Waals surface area contributed by atoms with E-state index < -0.39 is 34.6 Å². The van der Waals surface area contributed by atoms with E-state index >= 15 is 0 Å². The minimum atomic E-state index is -4.70. The summed E-state index contributed by atoms with van der Waals surface area (Å²) in [6.45, 7) is 0. The monoisotopic (exact) mass is 301 g/mol. The summed E-state index contributed by atoms with van der Waals surface area (Å²) in [7, 11) is 0. The van der Waals surface area contributed by atoms with Gasteiger partial charge in [-0.1, -0.05) is 0 Å². The van der Waals surface area contributed by atoms with Gasteiger partial charge < -0.3 is 5.32 Å². The molecule has 2 N–H and O–H groups in total. The van der Waals surface area contributed by atoms with Gasteiger partial charge in [0.25, 0.3) is 11.5 Å². The molecule has 0 fully saturated rings. The molecule has 0 bridgehead atoms. The molecule has 2 aromatic rings. The largest absolute Gasteiger partial charge is 0.416 e. The normalized spacial score (nSPS) is 11.2. The number of rotatable bonds is 2. The third-order valence-corrected chi connectivity index (χ3v) is 2.46. The highest BCUT2D eigenvalue weighted by Crippen LogP contribution is 2.30. The Morgan fingerprint density at radius 3 is 2.48 bits per heavy atom. The Balaban J connectivity index is 2.30. The van der Waals surface area contributed by atoms with Gasteiger partial charge in [-0.2, -0.15) is 18.3 Å². The average molecular weight is 301 g/mol. The van der Waals surface area contributed by atoms with Crippen LogP contribution >= 0.6 is 0 Å². The Morgan fingerprint density at radius 2 is 1.90 bits per heavy atom. The fourth-order valence-electron chi connectivity index (χ4n) is 1.47. The van der Waals surface area contributed by atoms with Crippen LogP contribution in [0.15, 0.2) is 35.1 Å². The molecule has 0 unspecified atom stereocenters. The smallest absolute Gasteiger partial charge is 0.305 e. The van der Waals surface area contributed by atoms with Gasteiger partial charge in [0.15, 0.2) is 5.82 Å². The number of amides is 1. The van der Waals surface area contributed by atoms with Crippen molar-refractivity contribution in [3.63, 3.8) is 0 Å². The molecule has 0 saturated carbocycles. The SMILES string of the molecule is O=C(Nc1ccc(=O)[nH]n1)c1cc(C(F)(F)F)ccc1F. The van der Waals surface area contributed by atoms with E-state index in [0.717, 1.165) is 12.1 Å². The molecule has 0 atom stereocenters. The van der Waals surface area contributed by atoms with Crippen molar-refractivity contribution in [3.8, 4) is 0 Å². The van der Waals surface area contributed by atoms with Crippen molar-refractivity contribution in [1.82, 2.24) is 10.2 Å². The number of halogens is 4. The first-order chi connectivity index (χ1) is 9.77. The van der Waals surface area contributed by atoms with Gasteiger partial charge in [-0.25, -0.2) is 9.49 Å². The van der Waals surface area contributed by atoms with Crippen molar-refractivity contribution >= 4 is 11.7 Å². The van der Waals surface area contributed by atoms with Crippen molar-refractivity contribution < 1.29 is 22.4 Å². The maximum absolute atomic E-state index is 13.5. The lowest BCUT2D eigenvalue weighted by atomic mass is 10.1. The number of H-pyrrole nitrogens is 1. The van der Waals surface area contributed by atoms with Gasteiger partial charge in [-0.05, 0) is 24.3 Å². The maximum Gasteiger partial charge on any atom is 0.416 e. The number of carbonyl (C=O) groups is 1. The fourth-order valence-corrected chi connectivity index (χ4v) is 1.47. The molecule has 1 aromatic heterocycles. The second kappa shape index (κ2) is 5.35. The van der Waals surface area contributed by atoms with Crippen LogP contribution in [0.4, 0.5) is 23.4 Å². The van der Waals surface area contributed by atoms with Crippen LogP contribution in [0.3, 0.4) is 0 Å². The Morgan fingerprint density at radius 1 is 1.19 bits per heavy atom. The lowest BCUT2D eigenvalue weighted by molar-refractivity contribution is -0.137. The van der Waals surface area contributed by atoms with Crippen molar-refractivity contribution in [1.29, 1.82) is 0 Å². The van der Waals surface area contributed by atoms with E-state index in [4.69, 9.17) is 0 Å². The number of benzene rings is 1. The van der Waals surface area contributed by atoms with Gasteiger partial charge in [0.2, 0.25) is 0 Å². The lowest BCUT2D eigenvalue weighted by Gasteiger charge is -2.09. The quantitative estimate of drug-likeness (QED) is 0.835. The van der Waals surface area contributed by atoms with Gasteiger partial charge >= 0.3 is 6.18 Å². The topological polar surface area (TPSA) is 74.8 Å². The number of hydrogen-bond donors (Lipinski definition) is 2. The van der Waals surface area contributed by atoms with Crippen LogP contribution in [0.1, 0.15) is 15.9 Å². The van der Waals surface area contributed by atoms with E-state index in [1.165, 1.54) is 0 Å². The van der Waals surface area contributed by atoms with E-state index in [1.807, 2.05) is 5.10 Å². The van der Waals surface area contributed by atoms with Gasteiger partial charge in [-0.3, -0.25) is 9.59 Å². The lowest BCUT2D eigenvalue weighted by Crippen LogP contribution is -2.18. The molecule has 0 saturated heterocycles. The number of aromatic nitrogens is 2. The molecular formula is C12H7F4N3O2. The van der Waals surface area contributed by atoms with Crippen LogP contribution in [0.2, 0.25) is 0 Å². The average Bonchev–Trinajstić information content (AvgIpc) is 2.40.